The lowest BCUT2D eigenvalue weighted by Crippen LogP contribution is -2.10. The maximum Gasteiger partial charge on any atom is 0.267 e. The van der Waals surface area contributed by atoms with E-state index in [-0.39, 0.29) is 5.91 Å². The Balaban J connectivity index is 1.76. The van der Waals surface area contributed by atoms with Crippen LogP contribution in [0.1, 0.15) is 15.2 Å². The molecule has 21 heavy (non-hydrogen) atoms. The summed E-state index contributed by atoms with van der Waals surface area (Å²) in [5, 5.41) is 12.0. The summed E-state index contributed by atoms with van der Waals surface area (Å²) in [6.45, 7) is 1.88. The van der Waals surface area contributed by atoms with Gasteiger partial charge in [-0.05, 0) is 41.6 Å². The Bertz CT molecular complexity index is 763. The second-order valence-corrected chi connectivity index (χ2v) is 5.82. The molecule has 0 radical (unpaired) electrons. The van der Waals surface area contributed by atoms with E-state index in [4.69, 9.17) is 11.6 Å². The molecule has 0 saturated carbocycles. The summed E-state index contributed by atoms with van der Waals surface area (Å²) in [6, 6.07) is 9.43. The summed E-state index contributed by atoms with van der Waals surface area (Å²) in [5.74, 6) is -0.188. The van der Waals surface area contributed by atoms with Gasteiger partial charge in [0.1, 0.15) is 4.88 Å². The minimum Gasteiger partial charge on any atom is -0.321 e. The summed E-state index contributed by atoms with van der Waals surface area (Å²) >= 11 is 7.45. The van der Waals surface area contributed by atoms with Gasteiger partial charge in [-0.2, -0.15) is 5.10 Å². The van der Waals surface area contributed by atoms with E-state index < -0.39 is 0 Å². The predicted octanol–water partition coefficient (Wildman–Crippen LogP) is 4.35. The van der Waals surface area contributed by atoms with E-state index in [0.717, 1.165) is 22.5 Å². The van der Waals surface area contributed by atoms with Gasteiger partial charge in [0.25, 0.3) is 5.91 Å². The number of amides is 1. The number of nitrogens with zero attached hydrogens (tertiary/aromatic N) is 1. The summed E-state index contributed by atoms with van der Waals surface area (Å²) in [5.41, 5.74) is 3.59. The molecule has 0 saturated heterocycles. The minimum atomic E-state index is -0.188. The number of rotatable bonds is 3. The number of H-pyrrole nitrogens is 1. The first-order chi connectivity index (χ1) is 10.1. The Kier molecular flexibility index (Phi) is 3.77. The van der Waals surface area contributed by atoms with Crippen LogP contribution in [0.25, 0.3) is 11.3 Å². The molecule has 0 aliphatic carbocycles. The first-order valence-corrected chi connectivity index (χ1v) is 7.55. The number of nitrogens with one attached hydrogen (secondary N) is 2. The molecule has 1 aromatic carbocycles. The minimum absolute atomic E-state index is 0.188. The molecule has 4 nitrogen and oxygen atoms in total. The van der Waals surface area contributed by atoms with Crippen LogP contribution in [-0.4, -0.2) is 16.1 Å². The number of anilines is 1. The van der Waals surface area contributed by atoms with Crippen molar-refractivity contribution in [1.82, 2.24) is 10.2 Å². The molecule has 0 atom stereocenters. The lowest BCUT2D eigenvalue weighted by molar-refractivity contribution is 0.103. The van der Waals surface area contributed by atoms with Crippen LogP contribution in [0.3, 0.4) is 0 Å². The number of carbonyl (C=O) groups excluding carboxylic acids is 1. The Morgan fingerprint density at radius 1 is 1.29 bits per heavy atom. The van der Waals surface area contributed by atoms with Crippen LogP contribution in [0.2, 0.25) is 5.02 Å². The standard InChI is InChI=1S/C15H12ClN3OS/c1-9-8-21-14(13(9)16)15(20)18-11-4-2-10(3-5-11)12-6-7-17-19-12/h2-8H,1H3,(H,17,19)(H,18,20). The number of thiophene rings is 1. The number of benzene rings is 1. The van der Waals surface area contributed by atoms with Crippen LogP contribution in [0, 0.1) is 6.92 Å². The summed E-state index contributed by atoms with van der Waals surface area (Å²) in [6.07, 6.45) is 1.70. The molecular formula is C15H12ClN3OS. The van der Waals surface area contributed by atoms with Gasteiger partial charge >= 0.3 is 0 Å². The Morgan fingerprint density at radius 3 is 2.62 bits per heavy atom. The summed E-state index contributed by atoms with van der Waals surface area (Å²) in [7, 11) is 0. The first-order valence-electron chi connectivity index (χ1n) is 6.30. The molecule has 0 bridgehead atoms. The van der Waals surface area contributed by atoms with E-state index in [0.29, 0.717) is 9.90 Å². The second-order valence-electron chi connectivity index (χ2n) is 4.56. The number of aryl methyl sites for hydroxylation is 1. The third kappa shape index (κ3) is 2.84. The van der Waals surface area contributed by atoms with Crippen LogP contribution in [0.4, 0.5) is 5.69 Å². The third-order valence-corrected chi connectivity index (χ3v) is 4.76. The van der Waals surface area contributed by atoms with Crippen molar-refractivity contribution in [2.45, 2.75) is 6.92 Å². The van der Waals surface area contributed by atoms with Gasteiger partial charge in [0.05, 0.1) is 10.7 Å². The first kappa shape index (κ1) is 13.9. The number of aromatic amines is 1. The van der Waals surface area contributed by atoms with E-state index in [2.05, 4.69) is 15.5 Å². The molecule has 3 rings (SSSR count). The van der Waals surface area contributed by atoms with Gasteiger partial charge in [-0.25, -0.2) is 0 Å². The van der Waals surface area contributed by atoms with Crippen LogP contribution >= 0.6 is 22.9 Å². The van der Waals surface area contributed by atoms with Crippen molar-refractivity contribution in [3.8, 4) is 11.3 Å². The fourth-order valence-corrected chi connectivity index (χ4v) is 3.09. The average molecular weight is 318 g/mol. The van der Waals surface area contributed by atoms with Crippen molar-refractivity contribution in [2.75, 3.05) is 5.32 Å². The molecule has 0 fully saturated rings. The molecule has 2 heterocycles. The van der Waals surface area contributed by atoms with Crippen molar-refractivity contribution in [1.29, 1.82) is 0 Å². The smallest absolute Gasteiger partial charge is 0.267 e. The monoisotopic (exact) mass is 317 g/mol. The lowest BCUT2D eigenvalue weighted by atomic mass is 10.1. The van der Waals surface area contributed by atoms with E-state index in [1.165, 1.54) is 11.3 Å². The number of halogens is 1. The molecule has 3 aromatic rings. The van der Waals surface area contributed by atoms with Crippen molar-refractivity contribution in [2.24, 2.45) is 0 Å². The summed E-state index contributed by atoms with van der Waals surface area (Å²) < 4.78 is 0. The molecule has 0 aliphatic rings. The zero-order chi connectivity index (χ0) is 14.8. The largest absolute Gasteiger partial charge is 0.321 e. The normalized spacial score (nSPS) is 10.6. The maximum absolute atomic E-state index is 12.2. The van der Waals surface area contributed by atoms with E-state index in [1.54, 1.807) is 6.20 Å². The SMILES string of the molecule is Cc1csc(C(=O)Nc2ccc(-c3ccn[nH]3)cc2)c1Cl. The van der Waals surface area contributed by atoms with Crippen molar-refractivity contribution in [3.63, 3.8) is 0 Å². The van der Waals surface area contributed by atoms with Gasteiger partial charge in [-0.15, -0.1) is 11.3 Å². The third-order valence-electron chi connectivity index (χ3n) is 3.06. The summed E-state index contributed by atoms with van der Waals surface area (Å²) in [4.78, 5) is 12.7. The number of hydrogen-bond donors (Lipinski definition) is 2. The molecular weight excluding hydrogens is 306 g/mol. The molecule has 0 aliphatic heterocycles. The van der Waals surface area contributed by atoms with Crippen LogP contribution in [0.5, 0.6) is 0 Å². The molecule has 106 valence electrons. The molecule has 2 N–H and O–H groups in total. The second kappa shape index (κ2) is 5.71. The lowest BCUT2D eigenvalue weighted by Gasteiger charge is -2.05. The van der Waals surface area contributed by atoms with E-state index >= 15 is 0 Å². The van der Waals surface area contributed by atoms with Crippen molar-refractivity contribution >= 4 is 34.5 Å². The van der Waals surface area contributed by atoms with Gasteiger partial charge in [0.2, 0.25) is 0 Å². The molecule has 1 amide bonds. The van der Waals surface area contributed by atoms with E-state index in [9.17, 15) is 4.79 Å². The highest BCUT2D eigenvalue weighted by Crippen LogP contribution is 2.28. The van der Waals surface area contributed by atoms with Crippen molar-refractivity contribution in [3.05, 3.63) is 57.4 Å². The van der Waals surface area contributed by atoms with Gasteiger partial charge < -0.3 is 5.32 Å². The van der Waals surface area contributed by atoms with Crippen LogP contribution in [0.15, 0.2) is 41.9 Å². The van der Waals surface area contributed by atoms with E-state index in [1.807, 2.05) is 42.6 Å². The van der Waals surface area contributed by atoms with Gasteiger partial charge in [-0.1, -0.05) is 23.7 Å². The van der Waals surface area contributed by atoms with Crippen LogP contribution in [-0.2, 0) is 0 Å². The maximum atomic E-state index is 12.2. The van der Waals surface area contributed by atoms with Gasteiger partial charge in [0.15, 0.2) is 0 Å². The predicted molar refractivity (Wildman–Crippen MR) is 86.0 cm³/mol. The fraction of sp³-hybridized carbons (Fsp3) is 0.0667. The highest BCUT2D eigenvalue weighted by atomic mass is 35.5. The average Bonchev–Trinajstić information content (AvgIpc) is 3.11. The van der Waals surface area contributed by atoms with Crippen LogP contribution < -0.4 is 5.32 Å². The molecule has 0 unspecified atom stereocenters. The highest BCUT2D eigenvalue weighted by Gasteiger charge is 2.14. The molecule has 0 spiro atoms. The zero-order valence-electron chi connectivity index (χ0n) is 11.2. The number of carbonyl (C=O) groups is 1. The van der Waals surface area contributed by atoms with Gasteiger partial charge in [0, 0.05) is 11.9 Å². The number of hydrogen-bond acceptors (Lipinski definition) is 3. The Hall–Kier alpha value is -2.11. The Morgan fingerprint density at radius 2 is 2.05 bits per heavy atom. The van der Waals surface area contributed by atoms with Gasteiger partial charge in [-0.3, -0.25) is 9.89 Å². The molecule has 2 aromatic heterocycles. The molecule has 6 heteroatoms. The van der Waals surface area contributed by atoms with Crippen molar-refractivity contribution < 1.29 is 4.79 Å². The zero-order valence-corrected chi connectivity index (χ0v) is 12.8. The number of aromatic nitrogens is 2. The highest BCUT2D eigenvalue weighted by molar-refractivity contribution is 7.13. The quantitative estimate of drug-likeness (QED) is 0.754. The Labute approximate surface area is 130 Å². The topological polar surface area (TPSA) is 57.8 Å². The fourth-order valence-electron chi connectivity index (χ4n) is 1.92.